The van der Waals surface area contributed by atoms with Gasteiger partial charge in [-0.3, -0.25) is 9.59 Å². The zero-order valence-corrected chi connectivity index (χ0v) is 34.5. The summed E-state index contributed by atoms with van der Waals surface area (Å²) in [6, 6.07) is 9.26. The standard InChI is InChI=1S/C41H51FN8O10/c1-40(2,3)23-57-39(54)47-33(43)25-13-15-26(16-14-25)46-32(29-21-28(55-6)22-30(31(29)42)56-20-19-51)34-48-38(50(49-34)37-44-17-10-18-45-37)59-24-58-35(52)41(4,5)36(53)60-27-11-8-7-9-12-27/h10,13-18,21-22,27,32,46,51H,7-9,11-12,19-20,23-24H2,1-6H3,(H2,43,47,54)/t32-/m1/s1. The van der Waals surface area contributed by atoms with Gasteiger partial charge in [0, 0.05) is 35.3 Å². The number of esters is 2. The van der Waals surface area contributed by atoms with Crippen molar-refractivity contribution in [1.82, 2.24) is 24.7 Å². The molecule has 1 saturated carbocycles. The second kappa shape index (κ2) is 20.1. The van der Waals surface area contributed by atoms with E-state index in [1.807, 2.05) is 20.8 Å². The number of hydrogen-bond donors (Lipinski definition) is 3. The Bertz CT molecular complexity index is 2120. The summed E-state index contributed by atoms with van der Waals surface area (Å²) >= 11 is 0. The van der Waals surface area contributed by atoms with E-state index >= 15 is 4.39 Å². The lowest BCUT2D eigenvalue weighted by molar-refractivity contribution is -0.177. The molecule has 0 aliphatic heterocycles. The number of nitrogens with one attached hydrogen (secondary N) is 1. The van der Waals surface area contributed by atoms with Crippen molar-refractivity contribution < 1.29 is 52.3 Å². The van der Waals surface area contributed by atoms with Crippen LogP contribution in [0.2, 0.25) is 0 Å². The molecule has 0 spiro atoms. The molecule has 18 nitrogen and oxygen atoms in total. The summed E-state index contributed by atoms with van der Waals surface area (Å²) in [6.07, 6.45) is 6.23. The highest BCUT2D eigenvalue weighted by molar-refractivity contribution is 6.03. The summed E-state index contributed by atoms with van der Waals surface area (Å²) in [5.74, 6) is -2.59. The minimum atomic E-state index is -1.64. The van der Waals surface area contributed by atoms with Gasteiger partial charge in [-0.25, -0.2) is 19.2 Å². The molecule has 0 radical (unpaired) electrons. The van der Waals surface area contributed by atoms with Gasteiger partial charge < -0.3 is 44.6 Å². The topological polar surface area (TPSA) is 234 Å². The quantitative estimate of drug-likeness (QED) is 0.0300. The van der Waals surface area contributed by atoms with Gasteiger partial charge in [-0.1, -0.05) is 27.2 Å². The highest BCUT2D eigenvalue weighted by Gasteiger charge is 2.41. The molecule has 322 valence electrons. The first-order chi connectivity index (χ1) is 28.6. The number of aliphatic hydroxyl groups is 1. The smallest absolute Gasteiger partial charge is 0.435 e. The molecule has 5 rings (SSSR count). The maximum Gasteiger partial charge on any atom is 0.435 e. The Morgan fingerprint density at radius 3 is 2.35 bits per heavy atom. The van der Waals surface area contributed by atoms with Crippen molar-refractivity contribution in [3.8, 4) is 23.5 Å². The monoisotopic (exact) mass is 834 g/mol. The number of anilines is 1. The van der Waals surface area contributed by atoms with Crippen LogP contribution in [0.5, 0.6) is 17.5 Å². The van der Waals surface area contributed by atoms with Crippen molar-refractivity contribution in [2.45, 2.75) is 78.9 Å². The summed E-state index contributed by atoms with van der Waals surface area (Å²) in [5.41, 5.74) is 4.98. The van der Waals surface area contributed by atoms with Gasteiger partial charge in [0.25, 0.3) is 5.95 Å². The Labute approximate surface area is 346 Å². The van der Waals surface area contributed by atoms with Crippen LogP contribution in [0, 0.1) is 16.6 Å². The number of amidine groups is 1. The average Bonchev–Trinajstić information content (AvgIpc) is 3.66. The first kappa shape index (κ1) is 44.7. The molecule has 0 saturated heterocycles. The number of nitrogens with zero attached hydrogens (tertiary/aromatic N) is 6. The Hall–Kier alpha value is -6.37. The number of aromatic nitrogens is 5. The molecule has 1 amide bonds. The fourth-order valence-electron chi connectivity index (χ4n) is 5.78. The maximum atomic E-state index is 16.4. The van der Waals surface area contributed by atoms with Crippen LogP contribution in [0.25, 0.3) is 5.95 Å². The predicted octanol–water partition coefficient (Wildman–Crippen LogP) is 5.45. The second-order valence-electron chi connectivity index (χ2n) is 15.6. The van der Waals surface area contributed by atoms with Gasteiger partial charge in [-0.05, 0) is 81.3 Å². The van der Waals surface area contributed by atoms with E-state index in [1.165, 1.54) is 45.5 Å². The molecule has 2 aromatic heterocycles. The van der Waals surface area contributed by atoms with Gasteiger partial charge in [0.15, 0.2) is 22.8 Å². The van der Waals surface area contributed by atoms with Crippen LogP contribution >= 0.6 is 0 Å². The van der Waals surface area contributed by atoms with E-state index in [1.54, 1.807) is 30.3 Å². The summed E-state index contributed by atoms with van der Waals surface area (Å²) in [4.78, 5) is 55.4. The Balaban J connectivity index is 1.46. The van der Waals surface area contributed by atoms with E-state index in [-0.39, 0.29) is 72.0 Å². The molecule has 19 heteroatoms. The Morgan fingerprint density at radius 1 is 1.00 bits per heavy atom. The molecular weight excluding hydrogens is 783 g/mol. The molecule has 1 aliphatic rings. The highest BCUT2D eigenvalue weighted by Crippen LogP contribution is 2.36. The van der Waals surface area contributed by atoms with Crippen LogP contribution in [-0.2, 0) is 23.8 Å². The van der Waals surface area contributed by atoms with Crippen molar-refractivity contribution in [2.24, 2.45) is 21.6 Å². The van der Waals surface area contributed by atoms with E-state index in [9.17, 15) is 19.5 Å². The lowest BCUT2D eigenvalue weighted by atomic mass is 9.93. The average molecular weight is 835 g/mol. The van der Waals surface area contributed by atoms with Crippen LogP contribution in [0.3, 0.4) is 0 Å². The predicted molar refractivity (Wildman–Crippen MR) is 214 cm³/mol. The van der Waals surface area contributed by atoms with E-state index in [0.29, 0.717) is 11.3 Å². The molecule has 4 N–H and O–H groups in total. The van der Waals surface area contributed by atoms with Crippen LogP contribution in [0.4, 0.5) is 14.9 Å². The summed E-state index contributed by atoms with van der Waals surface area (Å²) in [7, 11) is 1.39. The number of benzene rings is 2. The molecule has 60 heavy (non-hydrogen) atoms. The third-order valence-corrected chi connectivity index (χ3v) is 9.09. The van der Waals surface area contributed by atoms with Gasteiger partial charge in [0.2, 0.25) is 6.79 Å². The zero-order chi connectivity index (χ0) is 43.5. The number of aliphatic hydroxyl groups excluding tert-OH is 1. The molecule has 2 aromatic carbocycles. The minimum absolute atomic E-state index is 0.00550. The number of methoxy groups -OCH3 is 1. The molecular formula is C41H51FN8O10. The number of halogens is 1. The van der Waals surface area contributed by atoms with Gasteiger partial charge in [0.1, 0.15) is 30.3 Å². The number of nitrogens with two attached hydrogens (primary N) is 1. The normalized spacial score (nSPS) is 14.2. The zero-order valence-electron chi connectivity index (χ0n) is 34.5. The molecule has 1 aliphatic carbocycles. The number of carbonyl (C=O) groups excluding carboxylic acids is 3. The SMILES string of the molecule is COc1cc(OCCO)c(F)c([C@@H](Nc2ccc(/C(N)=N/C(=O)OCC(C)(C)C)cc2)c2nc(OCOC(=O)C(C)(C)C(=O)OC3CCCCC3)n(-c3ncccn3)n2)c1. The van der Waals surface area contributed by atoms with Gasteiger partial charge in [-0.15, -0.1) is 9.78 Å². The van der Waals surface area contributed by atoms with Crippen LogP contribution in [0.1, 0.15) is 89.7 Å². The van der Waals surface area contributed by atoms with Crippen molar-refractivity contribution in [3.63, 3.8) is 0 Å². The lowest BCUT2D eigenvalue weighted by Crippen LogP contribution is -2.39. The molecule has 1 atom stereocenters. The Kier molecular flexibility index (Phi) is 15.0. The Morgan fingerprint density at radius 2 is 1.70 bits per heavy atom. The third kappa shape index (κ3) is 11.9. The number of hydrogen-bond acceptors (Lipinski definition) is 15. The number of carbonyl (C=O) groups is 3. The second-order valence-corrected chi connectivity index (χ2v) is 15.6. The van der Waals surface area contributed by atoms with Gasteiger partial charge >= 0.3 is 24.0 Å². The molecule has 1 fully saturated rings. The van der Waals surface area contributed by atoms with Crippen molar-refractivity contribution in [2.75, 3.05) is 39.0 Å². The van der Waals surface area contributed by atoms with E-state index in [4.69, 9.17) is 34.2 Å². The largest absolute Gasteiger partial charge is 0.497 e. The number of amides is 1. The first-order valence-electron chi connectivity index (χ1n) is 19.3. The van der Waals surface area contributed by atoms with E-state index in [0.717, 1.165) is 36.8 Å². The number of aliphatic imine (C=N–C) groups is 1. The van der Waals surface area contributed by atoms with Crippen molar-refractivity contribution in [1.29, 1.82) is 0 Å². The van der Waals surface area contributed by atoms with Crippen molar-refractivity contribution in [3.05, 3.63) is 77.6 Å². The number of rotatable bonds is 17. The minimum Gasteiger partial charge on any atom is -0.497 e. The summed E-state index contributed by atoms with van der Waals surface area (Å²) in [5, 5.41) is 17.2. The van der Waals surface area contributed by atoms with Crippen LogP contribution in [-0.4, -0.2) is 93.5 Å². The van der Waals surface area contributed by atoms with Gasteiger partial charge in [0.05, 0.1) is 20.3 Å². The van der Waals surface area contributed by atoms with Crippen LogP contribution in [0.15, 0.2) is 59.9 Å². The summed E-state index contributed by atoms with van der Waals surface area (Å²) in [6.45, 7) is 7.40. The summed E-state index contributed by atoms with van der Waals surface area (Å²) < 4.78 is 50.6. The number of ether oxygens (including phenoxy) is 6. The van der Waals surface area contributed by atoms with Crippen LogP contribution < -0.4 is 25.3 Å². The molecule has 0 unspecified atom stereocenters. The van der Waals surface area contributed by atoms with Gasteiger partial charge in [-0.2, -0.15) is 9.98 Å². The van der Waals surface area contributed by atoms with E-state index < -0.39 is 42.1 Å². The fraction of sp³-hybridized carbons (Fsp3) is 0.463. The van der Waals surface area contributed by atoms with Crippen molar-refractivity contribution >= 4 is 29.6 Å². The molecule has 0 bridgehead atoms. The maximum absolute atomic E-state index is 16.4. The third-order valence-electron chi connectivity index (χ3n) is 9.09. The highest BCUT2D eigenvalue weighted by atomic mass is 19.1. The van der Waals surface area contributed by atoms with E-state index in [2.05, 4.69) is 30.4 Å². The first-order valence-corrected chi connectivity index (χ1v) is 19.3. The molecule has 4 aromatic rings. The lowest BCUT2D eigenvalue weighted by Gasteiger charge is -2.27. The fourth-order valence-corrected chi connectivity index (χ4v) is 5.78. The molecule has 2 heterocycles.